The molecule has 4 aromatic rings. The maximum absolute atomic E-state index is 5.29. The number of hydrogen-bond donors (Lipinski definition) is 0. The van der Waals surface area contributed by atoms with E-state index in [9.17, 15) is 0 Å². The fraction of sp³-hybridized carbons (Fsp3) is 0.316. The van der Waals surface area contributed by atoms with Crippen LogP contribution in [0.15, 0.2) is 146 Å². The third kappa shape index (κ3) is 270. The second-order valence-electron chi connectivity index (χ2n) is 9.65. The number of allylic oxidation sites excluding steroid dienone is 8. The van der Waals surface area contributed by atoms with E-state index in [1.165, 1.54) is 42.5 Å². The Morgan fingerprint density at radius 3 is 0.659 bits per heavy atom. The normalized spacial score (nSPS) is 5.81. The molecule has 0 aliphatic heterocycles. The first-order chi connectivity index (χ1) is 38.1. The van der Waals surface area contributed by atoms with Gasteiger partial charge in [0.1, 0.15) is 0 Å². The van der Waals surface area contributed by atoms with E-state index in [0.717, 1.165) is 59.9 Å². The van der Waals surface area contributed by atoms with Crippen molar-refractivity contribution in [2.24, 2.45) is 0 Å². The Balaban J connectivity index is -0.0000000168. The van der Waals surface area contributed by atoms with E-state index < -0.39 is 0 Å². The van der Waals surface area contributed by atoms with Crippen molar-refractivity contribution in [3.05, 3.63) is 314 Å². The second kappa shape index (κ2) is 266. The van der Waals surface area contributed by atoms with Crippen LogP contribution in [0.2, 0.25) is 0 Å². The van der Waals surface area contributed by atoms with Crippen molar-refractivity contribution in [3.8, 4) is 0 Å². The second-order valence-corrected chi connectivity index (χ2v) is 9.65. The zero-order chi connectivity index (χ0) is 65.3. The molecule has 4 rings (SSSR count). The first kappa shape index (κ1) is 193. The Morgan fingerprint density at radius 2 is 0.538 bits per heavy atom. The first-order valence-corrected chi connectivity index (χ1v) is 27.9. The fourth-order valence-corrected chi connectivity index (χ4v) is 2.59. The van der Waals surface area contributed by atoms with Crippen LogP contribution in [-0.4, -0.2) is 0 Å². The van der Waals surface area contributed by atoms with Crippen molar-refractivity contribution in [2.75, 3.05) is 0 Å². The van der Waals surface area contributed by atoms with Gasteiger partial charge in [-0.25, -0.2) is 37.3 Å². The average Bonchev–Trinajstić information content (AvgIpc) is 3.55. The van der Waals surface area contributed by atoms with Gasteiger partial charge in [-0.2, -0.15) is 92.6 Å². The average molecular weight is 2330 g/mol. The van der Waals surface area contributed by atoms with Gasteiger partial charge in [-0.05, 0) is 0 Å². The predicted octanol–water partition coefficient (Wildman–Crippen LogP) is 26.4. The molecule has 0 unspecified atom stereocenters. The Morgan fingerprint density at radius 1 is 0.341 bits per heavy atom. The van der Waals surface area contributed by atoms with Gasteiger partial charge in [0.15, 0.2) is 0 Å². The molecule has 0 fully saturated rings. The van der Waals surface area contributed by atoms with Gasteiger partial charge in [0.2, 0.25) is 0 Å². The van der Waals surface area contributed by atoms with E-state index in [4.69, 9.17) is 39.5 Å². The van der Waals surface area contributed by atoms with Crippen LogP contribution in [0, 0.1) is 141 Å². The fourth-order valence-electron chi connectivity index (χ4n) is 2.59. The van der Waals surface area contributed by atoms with Crippen molar-refractivity contribution in [1.82, 2.24) is 0 Å². The summed E-state index contributed by atoms with van der Waals surface area (Å²) >= 11 is 0. The molecule has 0 N–H and O–H groups in total. The van der Waals surface area contributed by atoms with Gasteiger partial charge in [0.05, 0.1) is 0 Å². The summed E-state index contributed by atoms with van der Waals surface area (Å²) in [4.78, 5) is 0. The van der Waals surface area contributed by atoms with E-state index >= 15 is 0 Å². The van der Waals surface area contributed by atoms with E-state index in [2.05, 4.69) is 93.7 Å². The van der Waals surface area contributed by atoms with Gasteiger partial charge in [-0.3, -0.25) is 6.58 Å². The minimum Gasteiger partial charge on any atom is -0.549 e. The summed E-state index contributed by atoms with van der Waals surface area (Å²) in [5, 5.41) is 0. The van der Waals surface area contributed by atoms with Gasteiger partial charge >= 0.3 is 21.1 Å². The molecule has 0 heterocycles. The summed E-state index contributed by atoms with van der Waals surface area (Å²) in [7, 11) is 0. The standard InChI is InChI=1S/2C9H8.2C8H6.C6H10.3C4H6.2C3H4.10C2H6.CH3.2W.10Y/c1-3-9-7-5-4-6-8(9)2;1-2-6-9-7-4-3-5-8-9;2*1-2-8-6-4-3-5-7-8;1-3-5-6-4-2;3*1-3-4-2;2*1-3-2;10*1-2;;;;;;;;;;;;;/h1,3-7H,2H2;2-7H,1H2;2*1-6H;5-6H,1-4H2;3*1,3H,2,4H2;2*1,3H,2H2;10*1-2H3;1H3;;;;;;;;;;;;/q10*-2;;;;;;;;;;;-1;;+2;;;;;;;;;;. The summed E-state index contributed by atoms with van der Waals surface area (Å²) in [6.45, 7) is 111. The van der Waals surface area contributed by atoms with Crippen LogP contribution >= 0.6 is 0 Å². The molecule has 0 saturated heterocycles. The molecule has 0 saturated carbocycles. The van der Waals surface area contributed by atoms with Crippen LogP contribution in [0.5, 0.6) is 0 Å². The Kier molecular flexibility index (Phi) is 566. The van der Waals surface area contributed by atoms with Gasteiger partial charge in [-0.15, -0.1) is 72.3 Å². The molecule has 10 radical (unpaired) electrons. The van der Waals surface area contributed by atoms with Crippen molar-refractivity contribution >= 4 is 24.3 Å². The SMILES string of the molecule is CC.CC.CC.CC.CC.CC.CC.CC.CC.CC.[CH-]=CC[CH2-].[CH-]=CC[CH2-].[CH-]=CC[CH2-].[CH-]=C[CH2-].[CH-]=C[CH2-].[CH-]=Cc1[c-]cccc1.[CH-]=Cc1[c-]cccc1.[CH-]=Cc1ccccc1[CH2-].[CH2-]C=Cc1[c-]cccc1.[CH2-]CC=CC[CH2-].[CH3-].[W+2].[W].[Y].[Y].[Y].[Y].[Y].[Y].[Y].[Y].[Y].[Y]. The van der Waals surface area contributed by atoms with Crippen LogP contribution in [0.3, 0.4) is 0 Å². The maximum Gasteiger partial charge on any atom is 2.00 e. The third-order valence-corrected chi connectivity index (χ3v) is 5.09. The van der Waals surface area contributed by atoms with Crippen LogP contribution in [-0.2, 0) is 369 Å². The summed E-state index contributed by atoms with van der Waals surface area (Å²) in [6, 6.07) is 39.6. The maximum atomic E-state index is 5.29. The van der Waals surface area contributed by atoms with Gasteiger partial charge < -0.3 is 156 Å². The van der Waals surface area contributed by atoms with Crippen molar-refractivity contribution in [3.63, 3.8) is 0 Å². The predicted molar refractivity (Wildman–Crippen MR) is 381 cm³/mol. The summed E-state index contributed by atoms with van der Waals surface area (Å²) in [5.74, 6) is 0. The van der Waals surface area contributed by atoms with E-state index in [-0.39, 0.29) is 377 Å². The van der Waals surface area contributed by atoms with Crippen LogP contribution in [0.4, 0.5) is 0 Å². The van der Waals surface area contributed by atoms with Crippen molar-refractivity contribution in [2.45, 2.75) is 171 Å². The molecule has 0 amide bonds. The molecule has 0 aromatic heterocycles. The zero-order valence-electron chi connectivity index (χ0n) is 62.3. The minimum atomic E-state index is 0. The van der Waals surface area contributed by atoms with Crippen LogP contribution < -0.4 is 0 Å². The zero-order valence-corrected chi connectivity index (χ0v) is 96.5. The van der Waals surface area contributed by atoms with E-state index in [1.807, 2.05) is 254 Å². The smallest absolute Gasteiger partial charge is 0.549 e. The van der Waals surface area contributed by atoms with Gasteiger partial charge in [0, 0.05) is 348 Å². The first-order valence-electron chi connectivity index (χ1n) is 27.9. The Hall–Kier alpha value is 6.18. The molecule has 12 heteroatoms. The number of rotatable bonds is 9. The van der Waals surface area contributed by atoms with Crippen molar-refractivity contribution in [1.29, 1.82) is 0 Å². The molecule has 0 aliphatic carbocycles. The number of hydrogen-bond acceptors (Lipinski definition) is 0. The molecule has 0 spiro atoms. The Bertz CT molecular complexity index is 1470. The molecule has 0 atom stereocenters. The van der Waals surface area contributed by atoms with E-state index in [1.54, 1.807) is 12.2 Å². The summed E-state index contributed by atoms with van der Waals surface area (Å²) < 4.78 is 0. The van der Waals surface area contributed by atoms with Gasteiger partial charge in [0.25, 0.3) is 0 Å². The summed E-state index contributed by atoms with van der Waals surface area (Å²) in [5.41, 5.74) is 4.92. The number of benzene rings is 4. The quantitative estimate of drug-likeness (QED) is 0.116. The Labute approximate surface area is 861 Å². The molecular formula is C79H127W2Y10-19. The molecule has 0 bridgehead atoms. The molecule has 0 aliphatic rings. The van der Waals surface area contributed by atoms with Crippen LogP contribution in [0.25, 0.3) is 24.3 Å². The molecule has 504 valence electrons. The van der Waals surface area contributed by atoms with Crippen LogP contribution in [0.1, 0.15) is 198 Å². The summed E-state index contributed by atoms with van der Waals surface area (Å²) in [6.07, 6.45) is 23.3. The van der Waals surface area contributed by atoms with Crippen molar-refractivity contribution < 1.29 is 369 Å². The third-order valence-electron chi connectivity index (χ3n) is 5.09. The molecule has 4 aromatic carbocycles. The van der Waals surface area contributed by atoms with E-state index in [0.29, 0.717) is 0 Å². The minimum absolute atomic E-state index is 0. The molecule has 91 heavy (non-hydrogen) atoms. The topological polar surface area (TPSA) is 0 Å². The molecule has 0 nitrogen and oxygen atoms in total. The monoisotopic (exact) mass is 2330 g/mol. The largest absolute Gasteiger partial charge is 2.00 e. The molecular weight excluding hydrogens is 2210 g/mol. The van der Waals surface area contributed by atoms with Gasteiger partial charge in [-0.1, -0.05) is 145 Å².